The van der Waals surface area contributed by atoms with Gasteiger partial charge in [-0.2, -0.15) is 8.42 Å². The molecule has 0 radical (unpaired) electrons. The number of hydrogen-bond donors (Lipinski definition) is 2. The van der Waals surface area contributed by atoms with E-state index in [-0.39, 0.29) is 11.1 Å². The van der Waals surface area contributed by atoms with E-state index in [1.807, 2.05) is 24.4 Å². The maximum atomic E-state index is 12.3. The Kier molecular flexibility index (Phi) is 5.36. The van der Waals surface area contributed by atoms with Crippen molar-refractivity contribution in [1.29, 1.82) is 0 Å². The average molecular weight is 395 g/mol. The van der Waals surface area contributed by atoms with Crippen LogP contribution in [0, 0.1) is 0 Å². The Morgan fingerprint density at radius 3 is 2.57 bits per heavy atom. The van der Waals surface area contributed by atoms with Crippen molar-refractivity contribution in [1.82, 2.24) is 15.3 Å². The minimum Gasteiger partial charge on any atom is -0.305 e. The summed E-state index contributed by atoms with van der Waals surface area (Å²) in [5.74, 6) is 0. The summed E-state index contributed by atoms with van der Waals surface area (Å²) >= 11 is 0. The zero-order valence-corrected chi connectivity index (χ0v) is 16.2. The van der Waals surface area contributed by atoms with E-state index in [0.717, 1.165) is 30.5 Å². The van der Waals surface area contributed by atoms with Crippen molar-refractivity contribution in [2.24, 2.45) is 0 Å². The van der Waals surface area contributed by atoms with Crippen LogP contribution in [0.5, 0.6) is 0 Å². The lowest BCUT2D eigenvalue weighted by Gasteiger charge is -2.25. The van der Waals surface area contributed by atoms with Gasteiger partial charge < -0.3 is 5.32 Å². The Bertz CT molecular complexity index is 1040. The number of benzene rings is 1. The molecule has 6 nitrogen and oxygen atoms in total. The first kappa shape index (κ1) is 18.6. The van der Waals surface area contributed by atoms with E-state index in [0.29, 0.717) is 12.2 Å². The van der Waals surface area contributed by atoms with Gasteiger partial charge in [-0.05, 0) is 60.7 Å². The van der Waals surface area contributed by atoms with Crippen molar-refractivity contribution in [3.8, 4) is 0 Å². The highest BCUT2D eigenvalue weighted by molar-refractivity contribution is 7.92. The van der Waals surface area contributed by atoms with Crippen LogP contribution < -0.4 is 10.0 Å². The minimum atomic E-state index is -3.67. The second-order valence-corrected chi connectivity index (χ2v) is 8.47. The van der Waals surface area contributed by atoms with Crippen LogP contribution >= 0.6 is 0 Å². The number of hydrogen-bond acceptors (Lipinski definition) is 5. The third-order valence-electron chi connectivity index (χ3n) is 4.87. The highest BCUT2D eigenvalue weighted by Crippen LogP contribution is 2.28. The smallest absolute Gasteiger partial charge is 0.279 e. The third-order valence-corrected chi connectivity index (χ3v) is 6.16. The molecule has 0 fully saturated rings. The predicted octanol–water partition coefficient (Wildman–Crippen LogP) is 3.44. The molecule has 28 heavy (non-hydrogen) atoms. The molecule has 2 heterocycles. The molecule has 1 aromatic carbocycles. The van der Waals surface area contributed by atoms with Crippen molar-refractivity contribution in [2.75, 3.05) is 4.72 Å². The quantitative estimate of drug-likeness (QED) is 0.669. The molecule has 0 amide bonds. The number of anilines is 1. The molecule has 1 aliphatic rings. The van der Waals surface area contributed by atoms with Crippen molar-refractivity contribution in [3.05, 3.63) is 83.8 Å². The Balaban J connectivity index is 1.39. The first-order chi connectivity index (χ1) is 13.6. The van der Waals surface area contributed by atoms with E-state index < -0.39 is 10.0 Å². The molecule has 144 valence electrons. The SMILES string of the molecule is O=S(=O)(Nc1ccc(CNC2CCCc3cccnc32)cc1)c1ccccn1. The molecule has 0 bridgehead atoms. The monoisotopic (exact) mass is 394 g/mol. The molecule has 0 aliphatic heterocycles. The number of rotatable bonds is 6. The normalized spacial score (nSPS) is 16.4. The van der Waals surface area contributed by atoms with Crippen LogP contribution in [0.25, 0.3) is 0 Å². The lowest BCUT2D eigenvalue weighted by molar-refractivity contribution is 0.447. The van der Waals surface area contributed by atoms with Crippen LogP contribution in [0.4, 0.5) is 5.69 Å². The van der Waals surface area contributed by atoms with Gasteiger partial charge in [0.1, 0.15) is 0 Å². The summed E-state index contributed by atoms with van der Waals surface area (Å²) in [4.78, 5) is 8.45. The molecule has 2 N–H and O–H groups in total. The number of aryl methyl sites for hydroxylation is 1. The second kappa shape index (κ2) is 8.08. The van der Waals surface area contributed by atoms with E-state index in [9.17, 15) is 8.42 Å². The largest absolute Gasteiger partial charge is 0.305 e. The predicted molar refractivity (Wildman–Crippen MR) is 108 cm³/mol. The summed E-state index contributed by atoms with van der Waals surface area (Å²) in [5, 5.41) is 3.58. The summed E-state index contributed by atoms with van der Waals surface area (Å²) in [7, 11) is -3.67. The summed E-state index contributed by atoms with van der Waals surface area (Å²) < 4.78 is 27.2. The number of nitrogens with one attached hydrogen (secondary N) is 2. The van der Waals surface area contributed by atoms with Gasteiger partial charge in [0.2, 0.25) is 0 Å². The zero-order chi connectivity index (χ0) is 19.4. The molecule has 2 aromatic heterocycles. The Morgan fingerprint density at radius 2 is 1.79 bits per heavy atom. The van der Waals surface area contributed by atoms with Crippen LogP contribution in [-0.2, 0) is 23.0 Å². The fraction of sp³-hybridized carbons (Fsp3) is 0.238. The fourth-order valence-electron chi connectivity index (χ4n) is 3.45. The van der Waals surface area contributed by atoms with Gasteiger partial charge in [-0.25, -0.2) is 4.98 Å². The standard InChI is InChI=1S/C21H22N4O2S/c26-28(27,20-8-1-2-13-22-20)25-18-11-9-16(10-12-18)15-24-19-7-3-5-17-6-4-14-23-21(17)19/h1-2,4,6,8-14,19,24-25H,3,5,7,15H2. The summed E-state index contributed by atoms with van der Waals surface area (Å²) in [6, 6.07) is 16.6. The lowest BCUT2D eigenvalue weighted by atomic mass is 9.92. The number of nitrogens with zero attached hydrogens (tertiary/aromatic N) is 2. The van der Waals surface area contributed by atoms with Gasteiger partial charge in [-0.3, -0.25) is 9.71 Å². The lowest BCUT2D eigenvalue weighted by Crippen LogP contribution is -2.25. The van der Waals surface area contributed by atoms with E-state index >= 15 is 0 Å². The summed E-state index contributed by atoms with van der Waals surface area (Å²) in [5.41, 5.74) is 4.07. The summed E-state index contributed by atoms with van der Waals surface area (Å²) in [6.07, 6.45) is 6.63. The number of pyridine rings is 2. The molecule has 3 aromatic rings. The molecule has 0 saturated carbocycles. The average Bonchev–Trinajstić information content (AvgIpc) is 2.74. The fourth-order valence-corrected chi connectivity index (χ4v) is 4.46. The van der Waals surface area contributed by atoms with Crippen LogP contribution in [0.2, 0.25) is 0 Å². The highest BCUT2D eigenvalue weighted by Gasteiger charge is 2.20. The molecule has 7 heteroatoms. The van der Waals surface area contributed by atoms with Crippen molar-refractivity contribution in [2.45, 2.75) is 36.9 Å². The maximum Gasteiger partial charge on any atom is 0.279 e. The Labute approximate surface area is 165 Å². The van der Waals surface area contributed by atoms with E-state index in [2.05, 4.69) is 26.1 Å². The van der Waals surface area contributed by atoms with Gasteiger partial charge in [-0.1, -0.05) is 24.3 Å². The summed E-state index contributed by atoms with van der Waals surface area (Å²) in [6.45, 7) is 0.702. The molecule has 1 unspecified atom stereocenters. The molecule has 4 rings (SSSR count). The van der Waals surface area contributed by atoms with Crippen molar-refractivity contribution in [3.63, 3.8) is 0 Å². The van der Waals surface area contributed by atoms with Gasteiger partial charge in [-0.15, -0.1) is 0 Å². The molecule has 1 atom stereocenters. The van der Waals surface area contributed by atoms with Crippen LogP contribution in [0.15, 0.2) is 72.0 Å². The zero-order valence-electron chi connectivity index (χ0n) is 15.4. The van der Waals surface area contributed by atoms with Crippen LogP contribution in [0.1, 0.15) is 35.7 Å². The first-order valence-corrected chi connectivity index (χ1v) is 10.8. The van der Waals surface area contributed by atoms with Gasteiger partial charge in [0.05, 0.1) is 11.7 Å². The van der Waals surface area contributed by atoms with Crippen molar-refractivity contribution >= 4 is 15.7 Å². The first-order valence-electron chi connectivity index (χ1n) is 9.32. The maximum absolute atomic E-state index is 12.3. The van der Waals surface area contributed by atoms with Crippen LogP contribution in [0.3, 0.4) is 0 Å². The van der Waals surface area contributed by atoms with Gasteiger partial charge in [0.15, 0.2) is 5.03 Å². The topological polar surface area (TPSA) is 84.0 Å². The molecule has 1 aliphatic carbocycles. The van der Waals surface area contributed by atoms with Gasteiger partial charge in [0, 0.05) is 24.6 Å². The van der Waals surface area contributed by atoms with Crippen molar-refractivity contribution < 1.29 is 8.42 Å². The van der Waals surface area contributed by atoms with Crippen LogP contribution in [-0.4, -0.2) is 18.4 Å². The van der Waals surface area contributed by atoms with E-state index in [4.69, 9.17) is 0 Å². The highest BCUT2D eigenvalue weighted by atomic mass is 32.2. The van der Waals surface area contributed by atoms with E-state index in [1.54, 1.807) is 24.3 Å². The molecule has 0 spiro atoms. The molecular formula is C21H22N4O2S. The molecular weight excluding hydrogens is 372 g/mol. The minimum absolute atomic E-state index is 0.00390. The molecule has 0 saturated heterocycles. The van der Waals surface area contributed by atoms with E-state index in [1.165, 1.54) is 17.8 Å². The van der Waals surface area contributed by atoms with Gasteiger partial charge in [0.25, 0.3) is 10.0 Å². The second-order valence-electron chi connectivity index (χ2n) is 6.84. The van der Waals surface area contributed by atoms with Gasteiger partial charge >= 0.3 is 0 Å². The number of aromatic nitrogens is 2. The Hall–Kier alpha value is -2.77. The Morgan fingerprint density at radius 1 is 0.964 bits per heavy atom. The number of fused-ring (bicyclic) bond motifs is 1. The third kappa shape index (κ3) is 4.21. The number of sulfonamides is 1.